The van der Waals surface area contributed by atoms with Crippen LogP contribution in [0.5, 0.6) is 10.9 Å². The third-order valence-corrected chi connectivity index (χ3v) is 2.42. The topological polar surface area (TPSA) is 59.4 Å². The normalized spacial score (nSPS) is 10.1. The summed E-state index contributed by atoms with van der Waals surface area (Å²) in [5.41, 5.74) is -0.0867. The molecule has 82 valence electrons. The molecule has 0 saturated heterocycles. The van der Waals surface area contributed by atoms with E-state index >= 15 is 0 Å². The molecule has 0 atom stereocenters. The first-order valence-corrected chi connectivity index (χ1v) is 5.15. The van der Waals surface area contributed by atoms with Crippen LogP contribution in [0.2, 0.25) is 0 Å². The molecule has 1 heterocycles. The van der Waals surface area contributed by atoms with Gasteiger partial charge in [-0.1, -0.05) is 17.4 Å². The summed E-state index contributed by atoms with van der Waals surface area (Å²) < 4.78 is 18.0. The minimum Gasteiger partial charge on any atom is -0.476 e. The fourth-order valence-electron chi connectivity index (χ4n) is 1.03. The maximum atomic E-state index is 12.8. The second-order valence-corrected chi connectivity index (χ2v) is 3.68. The average molecular weight is 239 g/mol. The first-order chi connectivity index (χ1) is 7.65. The minimum atomic E-state index is -1.12. The summed E-state index contributed by atoms with van der Waals surface area (Å²) in [6.45, 7) is 0. The fraction of sp³-hybridized carbons (Fsp3) is 0. The number of aromatic carboxylic acids is 1. The first kappa shape index (κ1) is 10.6. The van der Waals surface area contributed by atoms with Gasteiger partial charge in [0.25, 0.3) is 5.19 Å². The molecule has 0 aliphatic rings. The number of nitrogens with zero attached hydrogens (tertiary/aromatic N) is 1. The molecule has 1 aromatic carbocycles. The molecule has 0 saturated carbocycles. The number of carboxylic acid groups (broad SMARTS) is 1. The predicted octanol–water partition coefficient (Wildman–Crippen LogP) is 2.77. The number of benzene rings is 1. The monoisotopic (exact) mass is 239 g/mol. The van der Waals surface area contributed by atoms with E-state index in [-0.39, 0.29) is 16.6 Å². The largest absolute Gasteiger partial charge is 0.476 e. The van der Waals surface area contributed by atoms with Crippen LogP contribution >= 0.6 is 11.3 Å². The molecule has 1 N–H and O–H groups in total. The number of carbonyl (C=O) groups is 1. The van der Waals surface area contributed by atoms with Gasteiger partial charge < -0.3 is 9.84 Å². The van der Waals surface area contributed by atoms with Gasteiger partial charge in [-0.2, -0.15) is 4.98 Å². The Bertz CT molecular complexity index is 526. The van der Waals surface area contributed by atoms with Crippen LogP contribution in [0, 0.1) is 5.82 Å². The zero-order valence-corrected chi connectivity index (χ0v) is 8.70. The number of thiazole rings is 1. The summed E-state index contributed by atoms with van der Waals surface area (Å²) in [4.78, 5) is 14.3. The van der Waals surface area contributed by atoms with Gasteiger partial charge in [0, 0.05) is 11.4 Å². The summed E-state index contributed by atoms with van der Waals surface area (Å²) in [6.07, 6.45) is 0. The van der Waals surface area contributed by atoms with Crippen molar-refractivity contribution in [2.45, 2.75) is 0 Å². The van der Waals surface area contributed by atoms with Gasteiger partial charge in [0.2, 0.25) is 0 Å². The van der Waals surface area contributed by atoms with E-state index in [2.05, 4.69) is 4.98 Å². The summed E-state index contributed by atoms with van der Waals surface area (Å²) in [7, 11) is 0. The number of aromatic nitrogens is 1. The van der Waals surface area contributed by atoms with E-state index in [0.717, 1.165) is 11.3 Å². The van der Waals surface area contributed by atoms with E-state index in [0.29, 0.717) is 0 Å². The summed E-state index contributed by atoms with van der Waals surface area (Å²) in [6, 6.07) is 5.54. The fourth-order valence-corrected chi connectivity index (χ4v) is 1.70. The van der Waals surface area contributed by atoms with Gasteiger partial charge in [0.15, 0.2) is 5.69 Å². The molecule has 0 spiro atoms. The lowest BCUT2D eigenvalue weighted by molar-refractivity contribution is 0.0690. The molecule has 6 heteroatoms. The summed E-state index contributed by atoms with van der Waals surface area (Å²) in [5, 5.41) is 10.2. The molecule has 0 bridgehead atoms. The minimum absolute atomic E-state index is 0.0867. The molecule has 16 heavy (non-hydrogen) atoms. The van der Waals surface area contributed by atoms with E-state index in [1.54, 1.807) is 6.07 Å². The molecule has 0 amide bonds. The first-order valence-electron chi connectivity index (χ1n) is 4.27. The van der Waals surface area contributed by atoms with Crippen molar-refractivity contribution in [2.24, 2.45) is 0 Å². The number of carboxylic acids is 1. The Morgan fingerprint density at radius 2 is 2.31 bits per heavy atom. The van der Waals surface area contributed by atoms with Crippen molar-refractivity contribution < 1.29 is 19.0 Å². The van der Waals surface area contributed by atoms with Crippen LogP contribution in [0.25, 0.3) is 0 Å². The van der Waals surface area contributed by atoms with Crippen molar-refractivity contribution in [2.75, 3.05) is 0 Å². The second-order valence-electron chi connectivity index (χ2n) is 2.86. The van der Waals surface area contributed by atoms with Gasteiger partial charge in [-0.05, 0) is 12.1 Å². The Kier molecular flexibility index (Phi) is 2.82. The quantitative estimate of drug-likeness (QED) is 0.894. The maximum absolute atomic E-state index is 12.8. The van der Waals surface area contributed by atoms with Crippen LogP contribution < -0.4 is 4.74 Å². The molecule has 4 nitrogen and oxygen atoms in total. The van der Waals surface area contributed by atoms with Gasteiger partial charge in [0.05, 0.1) is 0 Å². The average Bonchev–Trinajstić information content (AvgIpc) is 2.66. The van der Waals surface area contributed by atoms with E-state index in [4.69, 9.17) is 9.84 Å². The summed E-state index contributed by atoms with van der Waals surface area (Å²) in [5.74, 6) is -1.26. The molecular formula is C10H6FNO3S. The SMILES string of the molecule is O=C(O)c1csc(Oc2cccc(F)c2)n1. The highest BCUT2D eigenvalue weighted by Crippen LogP contribution is 2.25. The van der Waals surface area contributed by atoms with Gasteiger partial charge in [0.1, 0.15) is 11.6 Å². The maximum Gasteiger partial charge on any atom is 0.355 e. The lowest BCUT2D eigenvalue weighted by atomic mass is 10.3. The highest BCUT2D eigenvalue weighted by molar-refractivity contribution is 7.11. The van der Waals surface area contributed by atoms with Crippen LogP contribution in [-0.4, -0.2) is 16.1 Å². The molecule has 1 aromatic heterocycles. The lowest BCUT2D eigenvalue weighted by Crippen LogP contribution is -1.95. The van der Waals surface area contributed by atoms with Crippen LogP contribution in [0.15, 0.2) is 29.6 Å². The van der Waals surface area contributed by atoms with Gasteiger partial charge >= 0.3 is 5.97 Å². The van der Waals surface area contributed by atoms with Crippen molar-refractivity contribution in [3.05, 3.63) is 41.2 Å². The zero-order valence-electron chi connectivity index (χ0n) is 7.88. The number of halogens is 1. The smallest absolute Gasteiger partial charge is 0.355 e. The Morgan fingerprint density at radius 1 is 1.50 bits per heavy atom. The Labute approximate surface area is 93.9 Å². The zero-order chi connectivity index (χ0) is 11.5. The summed E-state index contributed by atoms with van der Waals surface area (Å²) >= 11 is 1.04. The van der Waals surface area contributed by atoms with E-state index in [9.17, 15) is 9.18 Å². The van der Waals surface area contributed by atoms with Crippen LogP contribution in [0.3, 0.4) is 0 Å². The Hall–Kier alpha value is -1.95. The van der Waals surface area contributed by atoms with Crippen LogP contribution in [0.1, 0.15) is 10.5 Å². The second kappa shape index (κ2) is 4.28. The third-order valence-electron chi connectivity index (χ3n) is 1.70. The number of hydrogen-bond acceptors (Lipinski definition) is 4. The Balaban J connectivity index is 2.17. The van der Waals surface area contributed by atoms with Crippen molar-refractivity contribution in [1.29, 1.82) is 0 Å². The van der Waals surface area contributed by atoms with Crippen molar-refractivity contribution in [3.63, 3.8) is 0 Å². The highest BCUT2D eigenvalue weighted by Gasteiger charge is 2.10. The van der Waals surface area contributed by atoms with Crippen molar-refractivity contribution in [3.8, 4) is 10.9 Å². The lowest BCUT2D eigenvalue weighted by Gasteiger charge is -2.00. The van der Waals surface area contributed by atoms with Gasteiger partial charge in [-0.3, -0.25) is 0 Å². The Morgan fingerprint density at radius 3 is 2.94 bits per heavy atom. The molecule has 2 rings (SSSR count). The van der Waals surface area contributed by atoms with Crippen molar-refractivity contribution >= 4 is 17.3 Å². The highest BCUT2D eigenvalue weighted by atomic mass is 32.1. The molecule has 0 radical (unpaired) electrons. The molecule has 0 aliphatic heterocycles. The van der Waals surface area contributed by atoms with Crippen LogP contribution in [-0.2, 0) is 0 Å². The van der Waals surface area contributed by atoms with E-state index in [1.807, 2.05) is 0 Å². The molecule has 2 aromatic rings. The van der Waals surface area contributed by atoms with E-state index in [1.165, 1.54) is 23.6 Å². The number of ether oxygens (including phenoxy) is 1. The predicted molar refractivity (Wildman–Crippen MR) is 55.5 cm³/mol. The van der Waals surface area contributed by atoms with Gasteiger partial charge in [-0.15, -0.1) is 0 Å². The van der Waals surface area contributed by atoms with Crippen LogP contribution in [0.4, 0.5) is 4.39 Å². The molecule has 0 fully saturated rings. The number of hydrogen-bond donors (Lipinski definition) is 1. The third kappa shape index (κ3) is 2.34. The molecule has 0 unspecified atom stereocenters. The van der Waals surface area contributed by atoms with Crippen molar-refractivity contribution in [1.82, 2.24) is 4.98 Å². The van der Waals surface area contributed by atoms with Gasteiger partial charge in [-0.25, -0.2) is 9.18 Å². The molecular weight excluding hydrogens is 233 g/mol. The standard InChI is InChI=1S/C10H6FNO3S/c11-6-2-1-3-7(4-6)15-10-12-8(5-16-10)9(13)14/h1-5H,(H,13,14). The molecule has 0 aliphatic carbocycles. The number of rotatable bonds is 3. The van der Waals surface area contributed by atoms with E-state index < -0.39 is 11.8 Å².